The van der Waals surface area contributed by atoms with Crippen LogP contribution in [0.15, 0.2) is 18.3 Å². The fourth-order valence-electron chi connectivity index (χ4n) is 1.98. The third kappa shape index (κ3) is 2.45. The number of pyridine rings is 1. The van der Waals surface area contributed by atoms with Crippen LogP contribution in [0.3, 0.4) is 0 Å². The summed E-state index contributed by atoms with van der Waals surface area (Å²) >= 11 is 0. The van der Waals surface area contributed by atoms with Gasteiger partial charge < -0.3 is 10.5 Å². The van der Waals surface area contributed by atoms with Crippen molar-refractivity contribution in [1.82, 2.24) is 15.0 Å². The van der Waals surface area contributed by atoms with Gasteiger partial charge in [-0.1, -0.05) is 13.0 Å². The molecule has 0 aliphatic carbocycles. The van der Waals surface area contributed by atoms with Gasteiger partial charge in [0.1, 0.15) is 17.1 Å². The van der Waals surface area contributed by atoms with Crippen molar-refractivity contribution in [2.24, 2.45) is 0 Å². The van der Waals surface area contributed by atoms with Crippen LogP contribution in [0.1, 0.15) is 28.5 Å². The number of carbonyl (C=O) groups is 1. The van der Waals surface area contributed by atoms with E-state index in [2.05, 4.69) is 19.7 Å². The highest BCUT2D eigenvalue weighted by molar-refractivity contribution is 5.95. The van der Waals surface area contributed by atoms with Crippen molar-refractivity contribution < 1.29 is 9.53 Å². The second-order valence-electron chi connectivity index (χ2n) is 4.25. The molecule has 0 unspecified atom stereocenters. The molecule has 0 aromatic carbocycles. The third-order valence-corrected chi connectivity index (χ3v) is 2.99. The smallest absolute Gasteiger partial charge is 0.343 e. The van der Waals surface area contributed by atoms with E-state index in [0.29, 0.717) is 17.2 Å². The molecule has 0 saturated heterocycles. The Labute approximate surface area is 117 Å². The molecular formula is C14H16N4O2. The summed E-state index contributed by atoms with van der Waals surface area (Å²) in [5, 5.41) is 0. The Bertz CT molecular complexity index is 632. The molecule has 6 heteroatoms. The number of methoxy groups -OCH3 is 1. The third-order valence-electron chi connectivity index (χ3n) is 2.99. The van der Waals surface area contributed by atoms with Crippen molar-refractivity contribution in [3.05, 3.63) is 35.2 Å². The summed E-state index contributed by atoms with van der Waals surface area (Å²) in [6, 6.07) is 3.83. The molecule has 0 radical (unpaired) electrons. The molecular weight excluding hydrogens is 256 g/mol. The van der Waals surface area contributed by atoms with E-state index in [4.69, 9.17) is 5.73 Å². The van der Waals surface area contributed by atoms with Gasteiger partial charge >= 0.3 is 5.97 Å². The average Bonchev–Trinajstić information content (AvgIpc) is 2.46. The van der Waals surface area contributed by atoms with Crippen molar-refractivity contribution in [2.45, 2.75) is 20.3 Å². The quantitative estimate of drug-likeness (QED) is 0.856. The van der Waals surface area contributed by atoms with Crippen LogP contribution in [0.4, 0.5) is 5.82 Å². The zero-order valence-corrected chi connectivity index (χ0v) is 11.7. The number of esters is 1. The molecule has 0 fully saturated rings. The van der Waals surface area contributed by atoms with Crippen LogP contribution in [0.2, 0.25) is 0 Å². The van der Waals surface area contributed by atoms with Crippen LogP contribution >= 0.6 is 0 Å². The van der Waals surface area contributed by atoms with E-state index >= 15 is 0 Å². The molecule has 2 N–H and O–H groups in total. The second-order valence-corrected chi connectivity index (χ2v) is 4.25. The van der Waals surface area contributed by atoms with Crippen molar-refractivity contribution >= 4 is 11.8 Å². The molecule has 0 atom stereocenters. The van der Waals surface area contributed by atoms with E-state index in [9.17, 15) is 4.79 Å². The van der Waals surface area contributed by atoms with Crippen LogP contribution in [0.5, 0.6) is 0 Å². The average molecular weight is 272 g/mol. The summed E-state index contributed by atoms with van der Waals surface area (Å²) < 4.78 is 4.67. The highest BCUT2D eigenvalue weighted by Crippen LogP contribution is 2.22. The van der Waals surface area contributed by atoms with E-state index in [1.165, 1.54) is 7.11 Å². The van der Waals surface area contributed by atoms with E-state index < -0.39 is 5.97 Å². The SMILES string of the molecule is CCc1cccnc1-c1nc(C)c(C(=O)OC)c(N)n1. The Morgan fingerprint density at radius 3 is 2.75 bits per heavy atom. The molecule has 6 nitrogen and oxygen atoms in total. The molecule has 0 saturated carbocycles. The first-order chi connectivity index (χ1) is 9.58. The first kappa shape index (κ1) is 13.9. The monoisotopic (exact) mass is 272 g/mol. The van der Waals surface area contributed by atoms with Crippen LogP contribution in [-0.2, 0) is 11.2 Å². The lowest BCUT2D eigenvalue weighted by Crippen LogP contribution is -2.12. The summed E-state index contributed by atoms with van der Waals surface area (Å²) in [6.07, 6.45) is 2.49. The standard InChI is InChI=1S/C14H16N4O2/c1-4-9-6-5-7-16-11(9)13-17-8(2)10(12(15)18-13)14(19)20-3/h5-7H,4H2,1-3H3,(H2,15,17,18). The van der Waals surface area contributed by atoms with Crippen molar-refractivity contribution in [1.29, 1.82) is 0 Å². The Kier molecular flexibility index (Phi) is 3.93. The van der Waals surface area contributed by atoms with Gasteiger partial charge in [-0.2, -0.15) is 0 Å². The number of nitrogen functional groups attached to an aromatic ring is 1. The fraction of sp³-hybridized carbons (Fsp3) is 0.286. The Balaban J connectivity index is 2.58. The topological polar surface area (TPSA) is 91.0 Å². The largest absolute Gasteiger partial charge is 0.465 e. The Morgan fingerprint density at radius 2 is 2.15 bits per heavy atom. The first-order valence-corrected chi connectivity index (χ1v) is 6.25. The van der Waals surface area contributed by atoms with Crippen molar-refractivity contribution in [3.8, 4) is 11.5 Å². The summed E-state index contributed by atoms with van der Waals surface area (Å²) in [6.45, 7) is 3.72. The Hall–Kier alpha value is -2.50. The van der Waals surface area contributed by atoms with Gasteiger partial charge in [0.05, 0.1) is 12.8 Å². The molecule has 0 aliphatic heterocycles. The molecule has 0 bridgehead atoms. The van der Waals surface area contributed by atoms with Crippen LogP contribution in [-0.4, -0.2) is 28.0 Å². The fourth-order valence-corrected chi connectivity index (χ4v) is 1.98. The number of ether oxygens (including phenoxy) is 1. The van der Waals surface area contributed by atoms with E-state index in [1.807, 2.05) is 19.1 Å². The number of hydrogen-bond donors (Lipinski definition) is 1. The zero-order chi connectivity index (χ0) is 14.7. The van der Waals surface area contributed by atoms with E-state index in [1.54, 1.807) is 13.1 Å². The summed E-state index contributed by atoms with van der Waals surface area (Å²) in [4.78, 5) is 24.4. The molecule has 2 rings (SSSR count). The number of nitrogens with zero attached hydrogens (tertiary/aromatic N) is 3. The first-order valence-electron chi connectivity index (χ1n) is 6.25. The van der Waals surface area contributed by atoms with Gasteiger partial charge in [0.25, 0.3) is 0 Å². The number of anilines is 1. The molecule has 2 aromatic heterocycles. The van der Waals surface area contributed by atoms with Gasteiger partial charge in [-0.25, -0.2) is 14.8 Å². The lowest BCUT2D eigenvalue weighted by Gasteiger charge is -2.10. The molecule has 20 heavy (non-hydrogen) atoms. The van der Waals surface area contributed by atoms with Gasteiger partial charge in [-0.3, -0.25) is 4.98 Å². The molecule has 0 aliphatic rings. The predicted octanol–water partition coefficient (Wildman–Crippen LogP) is 1.78. The van der Waals surface area contributed by atoms with Crippen molar-refractivity contribution in [3.63, 3.8) is 0 Å². The van der Waals surface area contributed by atoms with Gasteiger partial charge in [-0.15, -0.1) is 0 Å². The lowest BCUT2D eigenvalue weighted by atomic mass is 10.1. The molecule has 2 aromatic rings. The maximum Gasteiger partial charge on any atom is 0.343 e. The summed E-state index contributed by atoms with van der Waals surface area (Å²) in [5.41, 5.74) is 8.23. The normalized spacial score (nSPS) is 10.3. The number of hydrogen-bond acceptors (Lipinski definition) is 6. The molecule has 0 spiro atoms. The van der Waals surface area contributed by atoms with Crippen molar-refractivity contribution in [2.75, 3.05) is 12.8 Å². The highest BCUT2D eigenvalue weighted by Gasteiger charge is 2.19. The van der Waals surface area contributed by atoms with Crippen LogP contribution < -0.4 is 5.73 Å². The second kappa shape index (κ2) is 5.64. The van der Waals surface area contributed by atoms with Crippen LogP contribution in [0.25, 0.3) is 11.5 Å². The zero-order valence-electron chi connectivity index (χ0n) is 11.7. The minimum atomic E-state index is -0.539. The minimum absolute atomic E-state index is 0.104. The van der Waals surface area contributed by atoms with Gasteiger partial charge in [-0.05, 0) is 25.0 Å². The molecule has 104 valence electrons. The summed E-state index contributed by atoms with van der Waals surface area (Å²) in [5.74, 6) is -0.0135. The van der Waals surface area contributed by atoms with Crippen LogP contribution in [0, 0.1) is 6.92 Å². The van der Waals surface area contributed by atoms with Gasteiger partial charge in [0.2, 0.25) is 0 Å². The Morgan fingerprint density at radius 1 is 1.40 bits per heavy atom. The summed E-state index contributed by atoms with van der Waals surface area (Å²) in [7, 11) is 1.29. The maximum absolute atomic E-state index is 11.6. The number of aryl methyl sites for hydroxylation is 2. The number of rotatable bonds is 3. The minimum Gasteiger partial charge on any atom is -0.465 e. The number of nitrogens with two attached hydrogens (primary N) is 1. The molecule has 0 amide bonds. The maximum atomic E-state index is 11.6. The predicted molar refractivity (Wildman–Crippen MR) is 75.1 cm³/mol. The van der Waals surface area contributed by atoms with Gasteiger partial charge in [0, 0.05) is 6.20 Å². The number of aromatic nitrogens is 3. The highest BCUT2D eigenvalue weighted by atomic mass is 16.5. The van der Waals surface area contributed by atoms with E-state index in [0.717, 1.165) is 12.0 Å². The van der Waals surface area contributed by atoms with E-state index in [-0.39, 0.29) is 11.4 Å². The van der Waals surface area contributed by atoms with Gasteiger partial charge in [0.15, 0.2) is 5.82 Å². The lowest BCUT2D eigenvalue weighted by molar-refractivity contribution is 0.0600. The number of carbonyl (C=O) groups excluding carboxylic acids is 1. The molecule has 2 heterocycles.